The Morgan fingerprint density at radius 1 is 1.48 bits per heavy atom. The third-order valence-electron chi connectivity index (χ3n) is 4.32. The first kappa shape index (κ1) is 17.6. The Morgan fingerprint density at radius 2 is 2.24 bits per heavy atom. The molecule has 9 nitrogen and oxygen atoms in total. The van der Waals surface area contributed by atoms with Crippen molar-refractivity contribution < 1.29 is 17.6 Å². The molecule has 2 N–H and O–H groups in total. The average Bonchev–Trinajstić information content (AvgIpc) is 3.20. The van der Waals surface area contributed by atoms with Gasteiger partial charge in [-0.1, -0.05) is 0 Å². The molecule has 25 heavy (non-hydrogen) atoms. The van der Waals surface area contributed by atoms with Gasteiger partial charge in [0.25, 0.3) is 15.9 Å². The summed E-state index contributed by atoms with van der Waals surface area (Å²) in [5, 5.41) is 3.00. The molecule has 1 saturated heterocycles. The summed E-state index contributed by atoms with van der Waals surface area (Å²) in [5.41, 5.74) is 0.245. The quantitative estimate of drug-likeness (QED) is 0.788. The number of hydrogen-bond donors (Lipinski definition) is 2. The van der Waals surface area contributed by atoms with E-state index in [-0.39, 0.29) is 28.4 Å². The number of aryl methyl sites for hydroxylation is 2. The fourth-order valence-electron chi connectivity index (χ4n) is 2.93. The topological polar surface area (TPSA) is 109 Å². The number of amides is 1. The van der Waals surface area contributed by atoms with Crippen molar-refractivity contribution in [3.8, 4) is 0 Å². The van der Waals surface area contributed by atoms with E-state index in [1.54, 1.807) is 18.0 Å². The predicted molar refractivity (Wildman–Crippen MR) is 89.5 cm³/mol. The maximum absolute atomic E-state index is 13.1. The van der Waals surface area contributed by atoms with Crippen molar-refractivity contribution in [1.29, 1.82) is 0 Å². The molecule has 1 atom stereocenters. The van der Waals surface area contributed by atoms with Gasteiger partial charge in [-0.25, -0.2) is 18.1 Å². The predicted octanol–water partition coefficient (Wildman–Crippen LogP) is 0.0163. The summed E-state index contributed by atoms with van der Waals surface area (Å²) in [7, 11) is -0.575. The molecule has 0 aliphatic carbocycles. The van der Waals surface area contributed by atoms with E-state index in [0.717, 1.165) is 5.82 Å². The molecule has 1 aliphatic heterocycles. The van der Waals surface area contributed by atoms with E-state index < -0.39 is 10.0 Å². The Labute approximate surface area is 146 Å². The fourth-order valence-corrected chi connectivity index (χ4v) is 3.64. The second kappa shape index (κ2) is 6.62. The number of furan rings is 1. The van der Waals surface area contributed by atoms with Crippen LogP contribution in [-0.2, 0) is 17.1 Å². The van der Waals surface area contributed by atoms with Crippen molar-refractivity contribution in [1.82, 2.24) is 24.5 Å². The molecule has 2 aromatic rings. The van der Waals surface area contributed by atoms with E-state index >= 15 is 0 Å². The molecular weight excluding hydrogens is 346 g/mol. The number of nitrogens with one attached hydrogen (secondary N) is 2. The van der Waals surface area contributed by atoms with E-state index in [9.17, 15) is 13.2 Å². The lowest BCUT2D eigenvalue weighted by Gasteiger charge is -2.35. The summed E-state index contributed by atoms with van der Waals surface area (Å²) < 4.78 is 33.2. The molecule has 1 aliphatic rings. The Hall–Kier alpha value is -2.17. The maximum Gasteiger partial charge on any atom is 0.273 e. The van der Waals surface area contributed by atoms with Gasteiger partial charge in [-0.15, -0.1) is 0 Å². The van der Waals surface area contributed by atoms with Crippen LogP contribution in [0.15, 0.2) is 28.0 Å². The van der Waals surface area contributed by atoms with Crippen molar-refractivity contribution >= 4 is 15.9 Å². The first-order valence-corrected chi connectivity index (χ1v) is 9.36. The Kier molecular flexibility index (Phi) is 4.67. The first-order chi connectivity index (χ1) is 11.8. The van der Waals surface area contributed by atoms with Gasteiger partial charge in [0.05, 0.1) is 5.56 Å². The highest BCUT2D eigenvalue weighted by atomic mass is 32.2. The third kappa shape index (κ3) is 3.20. The summed E-state index contributed by atoms with van der Waals surface area (Å²) in [5.74, 6) is 0.772. The van der Waals surface area contributed by atoms with Crippen LogP contribution in [0.3, 0.4) is 0 Å². The highest BCUT2D eigenvalue weighted by Gasteiger charge is 2.33. The third-order valence-corrected chi connectivity index (χ3v) is 5.59. The van der Waals surface area contributed by atoms with Gasteiger partial charge in [0, 0.05) is 45.1 Å². The largest absolute Gasteiger partial charge is 0.448 e. The van der Waals surface area contributed by atoms with Crippen LogP contribution in [0.5, 0.6) is 0 Å². The number of aromatic nitrogens is 2. The van der Waals surface area contributed by atoms with Gasteiger partial charge in [0.15, 0.2) is 0 Å². The van der Waals surface area contributed by atoms with Crippen LogP contribution < -0.4 is 10.0 Å². The van der Waals surface area contributed by atoms with Crippen molar-refractivity contribution in [2.24, 2.45) is 7.05 Å². The molecule has 0 aromatic carbocycles. The number of rotatable bonds is 4. The molecule has 0 spiro atoms. The van der Waals surface area contributed by atoms with E-state index in [4.69, 9.17) is 4.42 Å². The zero-order chi connectivity index (χ0) is 18.2. The number of sulfonamides is 1. The van der Waals surface area contributed by atoms with Crippen LogP contribution in [0, 0.1) is 6.92 Å². The number of piperazine rings is 1. The number of nitrogens with zero attached hydrogens (tertiary/aromatic N) is 3. The smallest absolute Gasteiger partial charge is 0.273 e. The second-order valence-electron chi connectivity index (χ2n) is 5.86. The summed E-state index contributed by atoms with van der Waals surface area (Å²) in [6, 6.07) is 1.04. The molecule has 3 heterocycles. The number of imidazole rings is 1. The zero-order valence-electron chi connectivity index (χ0n) is 14.3. The maximum atomic E-state index is 13.1. The Bertz CT molecular complexity index is 886. The van der Waals surface area contributed by atoms with Crippen molar-refractivity contribution in [3.05, 3.63) is 35.6 Å². The molecule has 1 unspecified atom stereocenters. The lowest BCUT2D eigenvalue weighted by atomic mass is 10.1. The Balaban J connectivity index is 1.95. The number of hydrogen-bond acceptors (Lipinski definition) is 6. The molecule has 10 heteroatoms. The van der Waals surface area contributed by atoms with Gasteiger partial charge < -0.3 is 19.2 Å². The van der Waals surface area contributed by atoms with E-state index in [0.29, 0.717) is 19.6 Å². The van der Waals surface area contributed by atoms with E-state index in [2.05, 4.69) is 15.0 Å². The second-order valence-corrected chi connectivity index (χ2v) is 7.68. The SMILES string of the molecule is CNS(=O)(=O)c1cc(C(=O)N2CCNCC2c2nccn2C)c(C)o1. The van der Waals surface area contributed by atoms with Gasteiger partial charge in [-0.3, -0.25) is 4.79 Å². The number of carbonyl (C=O) groups excluding carboxylic acids is 1. The summed E-state index contributed by atoms with van der Waals surface area (Å²) in [4.78, 5) is 19.1. The van der Waals surface area contributed by atoms with Crippen LogP contribution in [-0.4, -0.2) is 55.5 Å². The molecule has 1 amide bonds. The zero-order valence-corrected chi connectivity index (χ0v) is 15.1. The van der Waals surface area contributed by atoms with E-state index in [1.807, 2.05) is 17.8 Å². The van der Waals surface area contributed by atoms with Crippen molar-refractivity contribution in [2.45, 2.75) is 18.1 Å². The first-order valence-electron chi connectivity index (χ1n) is 7.88. The molecular formula is C15H21N5O4S. The molecule has 0 radical (unpaired) electrons. The summed E-state index contributed by atoms with van der Waals surface area (Å²) >= 11 is 0. The van der Waals surface area contributed by atoms with Crippen LogP contribution in [0.4, 0.5) is 0 Å². The van der Waals surface area contributed by atoms with Crippen LogP contribution in [0.1, 0.15) is 28.0 Å². The van der Waals surface area contributed by atoms with Crippen molar-refractivity contribution in [2.75, 3.05) is 26.7 Å². The summed E-state index contributed by atoms with van der Waals surface area (Å²) in [6.07, 6.45) is 3.51. The molecule has 3 rings (SSSR count). The van der Waals surface area contributed by atoms with Gasteiger partial charge in [0.2, 0.25) is 5.09 Å². The van der Waals surface area contributed by atoms with Crippen LogP contribution in [0.2, 0.25) is 0 Å². The highest BCUT2D eigenvalue weighted by Crippen LogP contribution is 2.26. The summed E-state index contributed by atoms with van der Waals surface area (Å²) in [6.45, 7) is 3.31. The van der Waals surface area contributed by atoms with Gasteiger partial charge in [-0.2, -0.15) is 0 Å². The molecule has 0 bridgehead atoms. The molecule has 0 saturated carbocycles. The van der Waals surface area contributed by atoms with Crippen LogP contribution in [0.25, 0.3) is 0 Å². The normalized spacial score (nSPS) is 18.5. The van der Waals surface area contributed by atoms with Crippen molar-refractivity contribution in [3.63, 3.8) is 0 Å². The lowest BCUT2D eigenvalue weighted by molar-refractivity contribution is 0.0619. The minimum absolute atomic E-state index is 0.236. The standard InChI is InChI=1S/C15H21N5O4S/c1-10-11(8-13(24-10)25(22,23)16-2)15(21)20-7-4-17-9-12(20)14-18-5-6-19(14)3/h5-6,8,12,16-17H,4,7,9H2,1-3H3. The highest BCUT2D eigenvalue weighted by molar-refractivity contribution is 7.89. The van der Waals surface area contributed by atoms with E-state index in [1.165, 1.54) is 13.1 Å². The Morgan fingerprint density at radius 3 is 2.88 bits per heavy atom. The average molecular weight is 367 g/mol. The monoisotopic (exact) mass is 367 g/mol. The molecule has 136 valence electrons. The molecule has 1 fully saturated rings. The van der Waals surface area contributed by atoms with Gasteiger partial charge in [-0.05, 0) is 14.0 Å². The molecule has 2 aromatic heterocycles. The van der Waals surface area contributed by atoms with Gasteiger partial charge >= 0.3 is 0 Å². The van der Waals surface area contributed by atoms with Crippen LogP contribution >= 0.6 is 0 Å². The minimum atomic E-state index is -3.74. The minimum Gasteiger partial charge on any atom is -0.448 e. The van der Waals surface area contributed by atoms with Gasteiger partial charge in [0.1, 0.15) is 17.6 Å². The number of carbonyl (C=O) groups is 1. The fraction of sp³-hybridized carbons (Fsp3) is 0.467. The lowest BCUT2D eigenvalue weighted by Crippen LogP contribution is -2.49.